The fourth-order valence-electron chi connectivity index (χ4n) is 2.26. The van der Waals surface area contributed by atoms with Crippen LogP contribution in [0.5, 0.6) is 0 Å². The van der Waals surface area contributed by atoms with Crippen molar-refractivity contribution in [2.45, 2.75) is 26.2 Å². The molecule has 106 valence electrons. The number of ether oxygens (including phenoxy) is 1. The van der Waals surface area contributed by atoms with Crippen LogP contribution in [0.15, 0.2) is 47.3 Å². The molecule has 0 bridgehead atoms. The number of carbonyl (C=O) groups is 2. The highest BCUT2D eigenvalue weighted by atomic mass is 16.5. The molecule has 0 radical (unpaired) electrons. The Kier molecular flexibility index (Phi) is 4.56. The summed E-state index contributed by atoms with van der Waals surface area (Å²) in [5.41, 5.74) is 1.50. The standard InChI is InChI=1S/C16H18O4/c1-11-3-2-4-13(9-11)16(19)12-5-7-14(8-6-12)20-10-15(17)18/h2,4-5,7,9,11H,3,6,8,10H2,1H3,(H,17,18). The van der Waals surface area contributed by atoms with Gasteiger partial charge >= 0.3 is 5.97 Å². The van der Waals surface area contributed by atoms with Crippen LogP contribution >= 0.6 is 0 Å². The number of hydrogen-bond donors (Lipinski definition) is 1. The molecule has 0 saturated carbocycles. The predicted octanol–water partition coefficient (Wildman–Crippen LogP) is 2.78. The van der Waals surface area contributed by atoms with Gasteiger partial charge in [0.15, 0.2) is 12.4 Å². The van der Waals surface area contributed by atoms with Crippen molar-refractivity contribution in [1.29, 1.82) is 0 Å². The first-order valence-electron chi connectivity index (χ1n) is 6.73. The molecule has 1 atom stereocenters. The summed E-state index contributed by atoms with van der Waals surface area (Å²) in [6, 6.07) is 0. The van der Waals surface area contributed by atoms with Gasteiger partial charge in [-0.1, -0.05) is 31.2 Å². The minimum Gasteiger partial charge on any atom is -0.486 e. The monoisotopic (exact) mass is 274 g/mol. The summed E-state index contributed by atoms with van der Waals surface area (Å²) in [4.78, 5) is 22.7. The highest BCUT2D eigenvalue weighted by Crippen LogP contribution is 2.25. The summed E-state index contributed by atoms with van der Waals surface area (Å²) in [6.07, 6.45) is 11.5. The molecule has 1 N–H and O–H groups in total. The number of rotatable bonds is 5. The van der Waals surface area contributed by atoms with Crippen molar-refractivity contribution in [1.82, 2.24) is 0 Å². The number of carboxylic acid groups (broad SMARTS) is 1. The third kappa shape index (κ3) is 3.70. The van der Waals surface area contributed by atoms with E-state index in [1.807, 2.05) is 18.2 Å². The predicted molar refractivity (Wildman–Crippen MR) is 75.0 cm³/mol. The Bertz CT molecular complexity index is 535. The van der Waals surface area contributed by atoms with Gasteiger partial charge in [0, 0.05) is 17.6 Å². The zero-order chi connectivity index (χ0) is 14.5. The molecule has 2 aliphatic carbocycles. The van der Waals surface area contributed by atoms with Crippen molar-refractivity contribution in [3.63, 3.8) is 0 Å². The molecule has 4 nitrogen and oxygen atoms in total. The van der Waals surface area contributed by atoms with Gasteiger partial charge in [-0.2, -0.15) is 0 Å². The van der Waals surface area contributed by atoms with Crippen LogP contribution in [-0.2, 0) is 14.3 Å². The highest BCUT2D eigenvalue weighted by Gasteiger charge is 2.18. The maximum atomic E-state index is 12.3. The van der Waals surface area contributed by atoms with Crippen molar-refractivity contribution in [3.8, 4) is 0 Å². The number of aliphatic carboxylic acids is 1. The van der Waals surface area contributed by atoms with E-state index in [2.05, 4.69) is 6.92 Å². The van der Waals surface area contributed by atoms with Crippen molar-refractivity contribution in [2.24, 2.45) is 5.92 Å². The van der Waals surface area contributed by atoms with E-state index in [-0.39, 0.29) is 12.4 Å². The lowest BCUT2D eigenvalue weighted by molar-refractivity contribution is -0.140. The van der Waals surface area contributed by atoms with Crippen molar-refractivity contribution in [3.05, 3.63) is 47.3 Å². The van der Waals surface area contributed by atoms with E-state index in [9.17, 15) is 9.59 Å². The molecule has 0 spiro atoms. The average molecular weight is 274 g/mol. The van der Waals surface area contributed by atoms with Crippen LogP contribution in [0.1, 0.15) is 26.2 Å². The second kappa shape index (κ2) is 6.37. The van der Waals surface area contributed by atoms with Crippen molar-refractivity contribution >= 4 is 11.8 Å². The van der Waals surface area contributed by atoms with Crippen molar-refractivity contribution < 1.29 is 19.4 Å². The molecule has 0 aliphatic heterocycles. The van der Waals surface area contributed by atoms with E-state index in [0.717, 1.165) is 17.6 Å². The molecule has 4 heteroatoms. The highest BCUT2D eigenvalue weighted by molar-refractivity contribution is 6.10. The van der Waals surface area contributed by atoms with E-state index in [4.69, 9.17) is 9.84 Å². The Labute approximate surface area is 118 Å². The van der Waals surface area contributed by atoms with Gasteiger partial charge in [-0.15, -0.1) is 0 Å². The molecule has 0 amide bonds. The Morgan fingerprint density at radius 1 is 1.35 bits per heavy atom. The molecule has 0 heterocycles. The number of hydrogen-bond acceptors (Lipinski definition) is 3. The number of allylic oxidation sites excluding steroid dienone is 8. The van der Waals surface area contributed by atoms with Gasteiger partial charge in [0.1, 0.15) is 0 Å². The van der Waals surface area contributed by atoms with Crippen LogP contribution in [0.25, 0.3) is 0 Å². The molecule has 1 unspecified atom stereocenters. The molecule has 2 aliphatic rings. The maximum Gasteiger partial charge on any atom is 0.341 e. The third-order valence-electron chi connectivity index (χ3n) is 3.32. The van der Waals surface area contributed by atoms with Crippen LogP contribution in [0.2, 0.25) is 0 Å². The quantitative estimate of drug-likeness (QED) is 0.837. The summed E-state index contributed by atoms with van der Waals surface area (Å²) in [6.45, 7) is 1.75. The molecule has 0 fully saturated rings. The third-order valence-corrected chi connectivity index (χ3v) is 3.32. The van der Waals surface area contributed by atoms with Crippen molar-refractivity contribution in [2.75, 3.05) is 6.61 Å². The van der Waals surface area contributed by atoms with Gasteiger partial charge in [-0.25, -0.2) is 4.79 Å². The first-order valence-corrected chi connectivity index (χ1v) is 6.73. The maximum absolute atomic E-state index is 12.3. The summed E-state index contributed by atoms with van der Waals surface area (Å²) in [5, 5.41) is 8.54. The number of ketones is 1. The second-order valence-corrected chi connectivity index (χ2v) is 5.07. The van der Waals surface area contributed by atoms with Crippen LogP contribution in [0.4, 0.5) is 0 Å². The van der Waals surface area contributed by atoms with Crippen LogP contribution in [0.3, 0.4) is 0 Å². The fraction of sp³-hybridized carbons (Fsp3) is 0.375. The summed E-state index contributed by atoms with van der Waals surface area (Å²) >= 11 is 0. The van der Waals surface area contributed by atoms with Crippen LogP contribution in [0, 0.1) is 5.92 Å². The zero-order valence-electron chi connectivity index (χ0n) is 11.5. The largest absolute Gasteiger partial charge is 0.486 e. The lowest BCUT2D eigenvalue weighted by atomic mass is 9.90. The lowest BCUT2D eigenvalue weighted by Crippen LogP contribution is -2.12. The van der Waals surface area contributed by atoms with Gasteiger partial charge in [-0.3, -0.25) is 4.79 Å². The number of carbonyl (C=O) groups excluding carboxylic acids is 1. The molecule has 0 aromatic heterocycles. The molecule has 2 rings (SSSR count). The van der Waals surface area contributed by atoms with Gasteiger partial charge < -0.3 is 9.84 Å². The minimum atomic E-state index is -0.997. The Morgan fingerprint density at radius 3 is 2.75 bits per heavy atom. The first kappa shape index (κ1) is 14.3. The minimum absolute atomic E-state index is 0.0568. The van der Waals surface area contributed by atoms with E-state index in [1.54, 1.807) is 12.2 Å². The normalized spacial score (nSPS) is 21.6. The first-order chi connectivity index (χ1) is 9.56. The summed E-state index contributed by atoms with van der Waals surface area (Å²) < 4.78 is 5.11. The lowest BCUT2D eigenvalue weighted by Gasteiger charge is -2.16. The molecular weight excluding hydrogens is 256 g/mol. The molecule has 20 heavy (non-hydrogen) atoms. The van der Waals surface area contributed by atoms with E-state index >= 15 is 0 Å². The topological polar surface area (TPSA) is 63.6 Å². The second-order valence-electron chi connectivity index (χ2n) is 5.07. The molecular formula is C16H18O4. The van der Waals surface area contributed by atoms with Gasteiger partial charge in [0.05, 0.1) is 5.76 Å². The van der Waals surface area contributed by atoms with Gasteiger partial charge in [0.2, 0.25) is 0 Å². The van der Waals surface area contributed by atoms with E-state index in [1.165, 1.54) is 0 Å². The van der Waals surface area contributed by atoms with Gasteiger partial charge in [-0.05, 0) is 24.8 Å². The molecule has 0 saturated heterocycles. The van der Waals surface area contributed by atoms with Gasteiger partial charge in [0.25, 0.3) is 0 Å². The van der Waals surface area contributed by atoms with E-state index < -0.39 is 5.97 Å². The number of carboxylic acids is 1. The summed E-state index contributed by atoms with van der Waals surface area (Å²) in [5.74, 6) is 0.0724. The zero-order valence-corrected chi connectivity index (χ0v) is 11.5. The van der Waals surface area contributed by atoms with Crippen LogP contribution in [-0.4, -0.2) is 23.5 Å². The summed E-state index contributed by atoms with van der Waals surface area (Å²) in [7, 11) is 0. The smallest absolute Gasteiger partial charge is 0.341 e. The number of Topliss-reactive ketones (excluding diaryl/α,β-unsaturated/α-hetero) is 1. The fourth-order valence-corrected chi connectivity index (χ4v) is 2.26. The molecule has 0 aromatic rings. The molecule has 0 aromatic carbocycles. The Hall–Kier alpha value is -2.10. The van der Waals surface area contributed by atoms with Crippen LogP contribution < -0.4 is 0 Å². The average Bonchev–Trinajstić information content (AvgIpc) is 2.45. The van der Waals surface area contributed by atoms with E-state index in [0.29, 0.717) is 24.5 Å². The Morgan fingerprint density at radius 2 is 2.15 bits per heavy atom. The SMILES string of the molecule is CC1C=C(C(=O)C2=CC=C(OCC(=O)O)CC2)C=CC1. The Balaban J connectivity index is 2.02.